The molecule has 1 saturated heterocycles. The predicted molar refractivity (Wildman–Crippen MR) is 166 cm³/mol. The molecule has 2 unspecified atom stereocenters. The van der Waals surface area contributed by atoms with E-state index in [9.17, 15) is 9.59 Å². The lowest BCUT2D eigenvalue weighted by molar-refractivity contribution is 0.0797. The van der Waals surface area contributed by atoms with Crippen molar-refractivity contribution in [1.82, 2.24) is 9.47 Å². The van der Waals surface area contributed by atoms with E-state index >= 15 is 0 Å². The van der Waals surface area contributed by atoms with E-state index in [0.29, 0.717) is 33.8 Å². The summed E-state index contributed by atoms with van der Waals surface area (Å²) < 4.78 is 7.39. The zero-order valence-corrected chi connectivity index (χ0v) is 25.5. The van der Waals surface area contributed by atoms with E-state index in [1.165, 1.54) is 10.6 Å². The maximum atomic E-state index is 13.4. The van der Waals surface area contributed by atoms with Gasteiger partial charge in [-0.05, 0) is 73.4 Å². The van der Waals surface area contributed by atoms with Gasteiger partial charge in [0, 0.05) is 44.2 Å². The summed E-state index contributed by atoms with van der Waals surface area (Å²) in [6.45, 7) is 13.7. The van der Waals surface area contributed by atoms with Crippen LogP contribution in [0.25, 0.3) is 10.9 Å². The van der Waals surface area contributed by atoms with Crippen LogP contribution in [0.4, 0.5) is 5.69 Å². The summed E-state index contributed by atoms with van der Waals surface area (Å²) in [4.78, 5) is 31.0. The van der Waals surface area contributed by atoms with E-state index in [-0.39, 0.29) is 23.3 Å². The molecule has 4 rings (SSSR count). The van der Waals surface area contributed by atoms with Crippen molar-refractivity contribution in [3.63, 3.8) is 0 Å². The molecule has 6 nitrogen and oxygen atoms in total. The first-order valence-corrected chi connectivity index (χ1v) is 15.2. The van der Waals surface area contributed by atoms with Crippen LogP contribution in [-0.2, 0) is 0 Å². The van der Waals surface area contributed by atoms with Gasteiger partial charge in [0.25, 0.3) is 5.56 Å². The summed E-state index contributed by atoms with van der Waals surface area (Å²) in [6.07, 6.45) is 2.88. The van der Waals surface area contributed by atoms with Crippen LogP contribution < -0.4 is 15.2 Å². The lowest BCUT2D eigenvalue weighted by atomic mass is 9.87. The van der Waals surface area contributed by atoms with Gasteiger partial charge in [-0.2, -0.15) is 0 Å². The highest BCUT2D eigenvalue weighted by Gasteiger charge is 2.25. The first kappa shape index (κ1) is 30.4. The van der Waals surface area contributed by atoms with Gasteiger partial charge in [0.2, 0.25) is 5.91 Å². The van der Waals surface area contributed by atoms with Crippen LogP contribution in [0.15, 0.2) is 53.3 Å². The quantitative estimate of drug-likeness (QED) is 0.222. The Hall–Kier alpha value is -2.54. The Morgan fingerprint density at radius 3 is 2.40 bits per heavy atom. The fourth-order valence-electron chi connectivity index (χ4n) is 5.50. The molecule has 1 aliphatic rings. The Kier molecular flexibility index (Phi) is 10.6. The zero-order valence-electron chi connectivity index (χ0n) is 24.0. The van der Waals surface area contributed by atoms with E-state index in [2.05, 4.69) is 30.6 Å². The lowest BCUT2D eigenvalue weighted by Gasteiger charge is -2.36. The highest BCUT2D eigenvalue weighted by molar-refractivity contribution is 6.43. The van der Waals surface area contributed by atoms with Crippen molar-refractivity contribution in [1.29, 1.82) is 0 Å². The second-order valence-corrected chi connectivity index (χ2v) is 12.2. The smallest absolute Gasteiger partial charge is 0.257 e. The fourth-order valence-corrected chi connectivity index (χ4v) is 5.92. The van der Waals surface area contributed by atoms with E-state index in [1.54, 1.807) is 6.07 Å². The van der Waals surface area contributed by atoms with Gasteiger partial charge in [-0.25, -0.2) is 4.57 Å². The average Bonchev–Trinajstić information content (AvgIpc) is 2.93. The molecule has 0 saturated carbocycles. The van der Waals surface area contributed by atoms with Crippen LogP contribution in [-0.4, -0.2) is 54.7 Å². The number of carbonyl (C=O) groups is 1. The summed E-state index contributed by atoms with van der Waals surface area (Å²) in [5, 5.41) is 2.07. The first-order chi connectivity index (χ1) is 19.2. The van der Waals surface area contributed by atoms with Gasteiger partial charge in [-0.15, -0.1) is 0 Å². The van der Waals surface area contributed by atoms with Crippen molar-refractivity contribution in [2.45, 2.75) is 47.0 Å². The van der Waals surface area contributed by atoms with Gasteiger partial charge in [-0.1, -0.05) is 57.0 Å². The molecule has 2 aromatic carbocycles. The largest absolute Gasteiger partial charge is 0.494 e. The Labute approximate surface area is 247 Å². The number of benzene rings is 2. The zero-order chi connectivity index (χ0) is 28.8. The number of fused-ring (bicyclic) bond motifs is 1. The summed E-state index contributed by atoms with van der Waals surface area (Å²) >= 11 is 12.6. The fraction of sp³-hybridized carbons (Fsp3) is 0.500. The Morgan fingerprint density at radius 1 is 0.950 bits per heavy atom. The number of hydrogen-bond acceptors (Lipinski definition) is 5. The number of anilines is 1. The van der Waals surface area contributed by atoms with Crippen molar-refractivity contribution in [2.24, 2.45) is 17.8 Å². The van der Waals surface area contributed by atoms with Crippen molar-refractivity contribution in [3.8, 4) is 5.75 Å². The second kappa shape index (κ2) is 13.9. The number of aromatic nitrogens is 1. The number of ether oxygens (including phenoxy) is 1. The van der Waals surface area contributed by atoms with Gasteiger partial charge in [0.15, 0.2) is 0 Å². The number of rotatable bonds is 11. The van der Waals surface area contributed by atoms with Crippen LogP contribution in [0.2, 0.25) is 10.0 Å². The number of hydrogen-bond donors (Lipinski definition) is 0. The highest BCUT2D eigenvalue weighted by Crippen LogP contribution is 2.33. The third kappa shape index (κ3) is 7.39. The topological polar surface area (TPSA) is 54.8 Å². The molecule has 0 aliphatic carbocycles. The Morgan fingerprint density at radius 2 is 1.68 bits per heavy atom. The third-order valence-corrected chi connectivity index (χ3v) is 8.77. The van der Waals surface area contributed by atoms with Gasteiger partial charge < -0.3 is 9.64 Å². The second-order valence-electron chi connectivity index (χ2n) is 11.4. The first-order valence-electron chi connectivity index (χ1n) is 14.4. The summed E-state index contributed by atoms with van der Waals surface area (Å²) in [5.41, 5.74) is 1.32. The molecule has 40 heavy (non-hydrogen) atoms. The van der Waals surface area contributed by atoms with Crippen LogP contribution in [0.1, 0.15) is 51.8 Å². The standard InChI is InChI=1S/C32H41Cl2N3O3/c1-22(2)20-23(3)24(4)32(39)37-29-21-26(12-10-25(29)11-13-30(37)38)40-19-6-5-14-35-15-17-36(18-16-35)28-9-7-8-27(33)31(28)34/h7-13,21-24H,5-6,14-20H2,1-4H3. The van der Waals surface area contributed by atoms with E-state index in [4.69, 9.17) is 27.9 Å². The van der Waals surface area contributed by atoms with Crippen molar-refractivity contribution in [3.05, 3.63) is 68.9 Å². The summed E-state index contributed by atoms with van der Waals surface area (Å²) in [6, 6.07) is 14.7. The van der Waals surface area contributed by atoms with E-state index in [1.807, 2.05) is 43.3 Å². The number of piperazine rings is 1. The number of carbonyl (C=O) groups excluding carboxylic acids is 1. The van der Waals surface area contributed by atoms with Crippen molar-refractivity contribution < 1.29 is 9.53 Å². The van der Waals surface area contributed by atoms with E-state index in [0.717, 1.165) is 63.1 Å². The molecule has 2 atom stereocenters. The molecular weight excluding hydrogens is 545 g/mol. The third-order valence-electron chi connectivity index (χ3n) is 7.96. The van der Waals surface area contributed by atoms with Gasteiger partial charge in [-0.3, -0.25) is 14.5 Å². The van der Waals surface area contributed by atoms with Crippen molar-refractivity contribution in [2.75, 3.05) is 44.2 Å². The molecule has 0 radical (unpaired) electrons. The normalized spacial score (nSPS) is 15.9. The molecule has 0 bridgehead atoms. The Balaban J connectivity index is 1.29. The number of unbranched alkanes of at least 4 members (excludes halogenated alkanes) is 1. The molecule has 8 heteroatoms. The van der Waals surface area contributed by atoms with Gasteiger partial charge in [0.1, 0.15) is 5.75 Å². The van der Waals surface area contributed by atoms with Crippen LogP contribution >= 0.6 is 23.2 Å². The summed E-state index contributed by atoms with van der Waals surface area (Å²) in [7, 11) is 0. The Bertz CT molecular complexity index is 1370. The molecule has 0 amide bonds. The molecular formula is C32H41Cl2N3O3. The number of halogens is 2. The van der Waals surface area contributed by atoms with E-state index < -0.39 is 0 Å². The minimum Gasteiger partial charge on any atom is -0.494 e. The molecule has 1 aliphatic heterocycles. The van der Waals surface area contributed by atoms with Crippen LogP contribution in [0.3, 0.4) is 0 Å². The van der Waals surface area contributed by atoms with Gasteiger partial charge >= 0.3 is 0 Å². The molecule has 3 aromatic rings. The molecule has 1 fully saturated rings. The van der Waals surface area contributed by atoms with Crippen molar-refractivity contribution >= 4 is 45.7 Å². The number of pyridine rings is 1. The maximum absolute atomic E-state index is 13.4. The minimum absolute atomic E-state index is 0.154. The molecule has 0 spiro atoms. The lowest BCUT2D eigenvalue weighted by Crippen LogP contribution is -2.46. The highest BCUT2D eigenvalue weighted by atomic mass is 35.5. The summed E-state index contributed by atoms with van der Waals surface area (Å²) in [5.74, 6) is 0.951. The monoisotopic (exact) mass is 585 g/mol. The van der Waals surface area contributed by atoms with Gasteiger partial charge in [0.05, 0.1) is 27.9 Å². The minimum atomic E-state index is -0.295. The maximum Gasteiger partial charge on any atom is 0.257 e. The predicted octanol–water partition coefficient (Wildman–Crippen LogP) is 7.25. The van der Waals surface area contributed by atoms with Crippen LogP contribution in [0.5, 0.6) is 5.75 Å². The average molecular weight is 587 g/mol. The molecule has 2 heterocycles. The number of nitrogens with zero attached hydrogens (tertiary/aromatic N) is 3. The molecule has 0 N–H and O–H groups in total. The van der Waals surface area contributed by atoms with Crippen LogP contribution in [0, 0.1) is 17.8 Å². The molecule has 216 valence electrons. The molecule has 1 aromatic heterocycles. The SMILES string of the molecule is CC(C)CC(C)C(C)C(=O)n1c(=O)ccc2ccc(OCCCCN3CCN(c4cccc(Cl)c4Cl)CC3)cc21.